The maximum absolute atomic E-state index is 11.2. The van der Waals surface area contributed by atoms with Crippen molar-refractivity contribution in [1.82, 2.24) is 24.8 Å². The zero-order chi connectivity index (χ0) is 12.7. The largest absolute Gasteiger partial charge is 0.476 e. The van der Waals surface area contributed by atoms with Crippen LogP contribution < -0.4 is 0 Å². The highest BCUT2D eigenvalue weighted by Gasteiger charge is 2.29. The second-order valence-corrected chi connectivity index (χ2v) is 4.46. The molecule has 0 radical (unpaired) electrons. The van der Waals surface area contributed by atoms with Crippen molar-refractivity contribution in [3.8, 4) is 11.4 Å². The highest BCUT2D eigenvalue weighted by Crippen LogP contribution is 2.35. The van der Waals surface area contributed by atoms with Crippen LogP contribution in [0.15, 0.2) is 12.3 Å². The van der Waals surface area contributed by atoms with E-state index in [2.05, 4.69) is 15.4 Å². The molecule has 18 heavy (non-hydrogen) atoms. The fourth-order valence-electron chi connectivity index (χ4n) is 2.17. The molecule has 1 aliphatic rings. The molecule has 3 rings (SSSR count). The van der Waals surface area contributed by atoms with Crippen LogP contribution in [0.2, 0.25) is 0 Å². The summed E-state index contributed by atoms with van der Waals surface area (Å²) in [5.74, 6) is -1.06. The second kappa shape index (κ2) is 3.94. The first-order valence-corrected chi connectivity index (χ1v) is 5.85. The van der Waals surface area contributed by atoms with Crippen molar-refractivity contribution in [2.24, 2.45) is 7.05 Å². The van der Waals surface area contributed by atoms with Gasteiger partial charge in [0.2, 0.25) is 0 Å². The Bertz CT molecular complexity index is 596. The molecule has 0 amide bonds. The molecule has 0 spiro atoms. The zero-order valence-corrected chi connectivity index (χ0v) is 9.94. The molecular formula is C11H13N5O2. The molecule has 2 aromatic heterocycles. The van der Waals surface area contributed by atoms with E-state index in [1.807, 2.05) is 0 Å². The van der Waals surface area contributed by atoms with Crippen molar-refractivity contribution in [3.05, 3.63) is 18.0 Å². The number of carboxylic acid groups (broad SMARTS) is 1. The second-order valence-electron chi connectivity index (χ2n) is 4.46. The summed E-state index contributed by atoms with van der Waals surface area (Å²) in [5.41, 5.74) is 1.27. The monoisotopic (exact) mass is 247 g/mol. The summed E-state index contributed by atoms with van der Waals surface area (Å²) >= 11 is 0. The highest BCUT2D eigenvalue weighted by molar-refractivity contribution is 5.92. The van der Waals surface area contributed by atoms with Gasteiger partial charge in [0.25, 0.3) is 0 Å². The number of hydrogen-bond donors (Lipinski definition) is 1. The van der Waals surface area contributed by atoms with Crippen LogP contribution in [0.1, 0.15) is 35.8 Å². The minimum Gasteiger partial charge on any atom is -0.476 e. The molecule has 0 saturated heterocycles. The van der Waals surface area contributed by atoms with E-state index in [1.165, 1.54) is 0 Å². The van der Waals surface area contributed by atoms with Crippen LogP contribution in [0.4, 0.5) is 0 Å². The first kappa shape index (κ1) is 10.9. The Morgan fingerprint density at radius 2 is 2.28 bits per heavy atom. The minimum atomic E-state index is -1.06. The molecule has 1 N–H and O–H groups in total. The van der Waals surface area contributed by atoms with Gasteiger partial charge in [0.1, 0.15) is 5.69 Å². The minimum absolute atomic E-state index is 0.00880. The predicted octanol–water partition coefficient (Wildman–Crippen LogP) is 1.10. The van der Waals surface area contributed by atoms with Crippen LogP contribution in [0.3, 0.4) is 0 Å². The number of nitrogens with zero attached hydrogens (tertiary/aromatic N) is 5. The molecule has 1 aliphatic carbocycles. The molecule has 0 unspecified atom stereocenters. The molecule has 1 fully saturated rings. The molecule has 0 aliphatic heterocycles. The van der Waals surface area contributed by atoms with Crippen molar-refractivity contribution in [2.75, 3.05) is 0 Å². The smallest absolute Gasteiger partial charge is 0.358 e. The Kier molecular flexibility index (Phi) is 2.39. The van der Waals surface area contributed by atoms with Crippen LogP contribution in [-0.4, -0.2) is 35.9 Å². The maximum atomic E-state index is 11.2. The third-order valence-electron chi connectivity index (χ3n) is 3.38. The Morgan fingerprint density at radius 3 is 2.78 bits per heavy atom. The fourth-order valence-corrected chi connectivity index (χ4v) is 2.17. The van der Waals surface area contributed by atoms with Gasteiger partial charge in [0, 0.05) is 13.2 Å². The number of aromatic carboxylic acids is 1. The van der Waals surface area contributed by atoms with Gasteiger partial charge in [-0.1, -0.05) is 5.21 Å². The van der Waals surface area contributed by atoms with Crippen LogP contribution in [0, 0.1) is 0 Å². The summed E-state index contributed by atoms with van der Waals surface area (Å²) in [4.78, 5) is 11.2. The number of aromatic nitrogens is 5. The topological polar surface area (TPSA) is 85.8 Å². The predicted molar refractivity (Wildman–Crippen MR) is 62.1 cm³/mol. The van der Waals surface area contributed by atoms with E-state index in [1.54, 1.807) is 28.7 Å². The van der Waals surface area contributed by atoms with Gasteiger partial charge in [-0.25, -0.2) is 9.48 Å². The maximum Gasteiger partial charge on any atom is 0.358 e. The molecule has 1 saturated carbocycles. The lowest BCUT2D eigenvalue weighted by Crippen LogP contribution is -2.20. The highest BCUT2D eigenvalue weighted by atomic mass is 16.4. The molecule has 0 aromatic carbocycles. The van der Waals surface area contributed by atoms with Gasteiger partial charge in [-0.2, -0.15) is 5.10 Å². The van der Waals surface area contributed by atoms with Gasteiger partial charge in [-0.3, -0.25) is 4.68 Å². The van der Waals surface area contributed by atoms with Gasteiger partial charge in [-0.05, 0) is 25.3 Å². The van der Waals surface area contributed by atoms with E-state index < -0.39 is 5.97 Å². The van der Waals surface area contributed by atoms with Crippen LogP contribution in [-0.2, 0) is 7.05 Å². The normalized spacial score (nSPS) is 15.6. The number of rotatable bonds is 3. The lowest BCUT2D eigenvalue weighted by Gasteiger charge is -2.26. The number of hydrogen-bond acceptors (Lipinski definition) is 4. The molecule has 7 nitrogen and oxygen atoms in total. The zero-order valence-electron chi connectivity index (χ0n) is 9.94. The lowest BCUT2D eigenvalue weighted by atomic mass is 9.93. The van der Waals surface area contributed by atoms with E-state index in [0.717, 1.165) is 25.0 Å². The van der Waals surface area contributed by atoms with Crippen molar-refractivity contribution < 1.29 is 9.90 Å². The van der Waals surface area contributed by atoms with Gasteiger partial charge in [0.05, 0.1) is 11.7 Å². The Morgan fingerprint density at radius 1 is 1.50 bits per heavy atom. The SMILES string of the molecule is Cn1nccc1-c1c(C(=O)O)nnn1C1CCC1. The molecule has 2 aromatic rings. The summed E-state index contributed by atoms with van der Waals surface area (Å²) in [5, 5.41) is 21.1. The van der Waals surface area contributed by atoms with Crippen LogP contribution >= 0.6 is 0 Å². The van der Waals surface area contributed by atoms with E-state index in [4.69, 9.17) is 0 Å². The van der Waals surface area contributed by atoms with Crippen LogP contribution in [0.25, 0.3) is 11.4 Å². The number of carbonyl (C=O) groups is 1. The Labute approximate surface area is 103 Å². The van der Waals surface area contributed by atoms with Crippen molar-refractivity contribution in [2.45, 2.75) is 25.3 Å². The third kappa shape index (κ3) is 1.51. The van der Waals surface area contributed by atoms with Crippen LogP contribution in [0.5, 0.6) is 0 Å². The van der Waals surface area contributed by atoms with Crippen molar-refractivity contribution in [1.29, 1.82) is 0 Å². The van der Waals surface area contributed by atoms with E-state index >= 15 is 0 Å². The van der Waals surface area contributed by atoms with E-state index in [-0.39, 0.29) is 11.7 Å². The lowest BCUT2D eigenvalue weighted by molar-refractivity contribution is 0.0691. The molecule has 94 valence electrons. The Balaban J connectivity index is 2.17. The average Bonchev–Trinajstić information content (AvgIpc) is 2.81. The average molecular weight is 247 g/mol. The molecule has 0 bridgehead atoms. The van der Waals surface area contributed by atoms with Crippen molar-refractivity contribution >= 4 is 5.97 Å². The van der Waals surface area contributed by atoms with E-state index in [9.17, 15) is 9.90 Å². The fraction of sp³-hybridized carbons (Fsp3) is 0.455. The third-order valence-corrected chi connectivity index (χ3v) is 3.38. The number of carboxylic acids is 1. The van der Waals surface area contributed by atoms with Gasteiger partial charge in [0.15, 0.2) is 5.69 Å². The van der Waals surface area contributed by atoms with E-state index in [0.29, 0.717) is 5.69 Å². The summed E-state index contributed by atoms with van der Waals surface area (Å²) in [7, 11) is 1.78. The first-order chi connectivity index (χ1) is 8.68. The summed E-state index contributed by atoms with van der Waals surface area (Å²) in [6.07, 6.45) is 4.83. The van der Waals surface area contributed by atoms with Gasteiger partial charge < -0.3 is 5.11 Å². The molecular weight excluding hydrogens is 234 g/mol. The quantitative estimate of drug-likeness (QED) is 0.877. The van der Waals surface area contributed by atoms with Crippen molar-refractivity contribution in [3.63, 3.8) is 0 Å². The standard InChI is InChI=1S/C11H13N5O2/c1-15-8(5-6-12-15)10-9(11(17)18)13-14-16(10)7-3-2-4-7/h5-7H,2-4H2,1H3,(H,17,18). The molecule has 7 heteroatoms. The summed E-state index contributed by atoms with van der Waals surface area (Å²) in [6, 6.07) is 2.04. The number of aryl methyl sites for hydroxylation is 1. The van der Waals surface area contributed by atoms with Gasteiger partial charge >= 0.3 is 5.97 Å². The Hall–Kier alpha value is -2.18. The molecule has 0 atom stereocenters. The van der Waals surface area contributed by atoms with Gasteiger partial charge in [-0.15, -0.1) is 5.10 Å². The first-order valence-electron chi connectivity index (χ1n) is 5.85. The summed E-state index contributed by atoms with van der Waals surface area (Å²) < 4.78 is 3.37. The summed E-state index contributed by atoms with van der Waals surface area (Å²) in [6.45, 7) is 0. The molecule has 2 heterocycles.